The van der Waals surface area contributed by atoms with Gasteiger partial charge in [-0.25, -0.2) is 0 Å². The van der Waals surface area contributed by atoms with Crippen molar-refractivity contribution in [2.24, 2.45) is 5.41 Å². The highest BCUT2D eigenvalue weighted by Gasteiger charge is 2.44. The Balaban J connectivity index is 1.75. The Labute approximate surface area is 156 Å². The van der Waals surface area contributed by atoms with E-state index in [1.54, 1.807) is 0 Å². The summed E-state index contributed by atoms with van der Waals surface area (Å²) < 4.78 is 5.44. The van der Waals surface area contributed by atoms with Crippen LogP contribution in [0.5, 0.6) is 0 Å². The maximum Gasteiger partial charge on any atom is 0.313 e. The first-order chi connectivity index (χ1) is 12.6. The van der Waals surface area contributed by atoms with Crippen LogP contribution in [0.15, 0.2) is 42.0 Å². The summed E-state index contributed by atoms with van der Waals surface area (Å²) in [6.07, 6.45) is 8.17. The van der Waals surface area contributed by atoms with E-state index in [1.807, 2.05) is 30.0 Å². The third-order valence-corrected chi connectivity index (χ3v) is 5.62. The van der Waals surface area contributed by atoms with Crippen LogP contribution in [0.4, 0.5) is 0 Å². The van der Waals surface area contributed by atoms with Gasteiger partial charge in [-0.3, -0.25) is 9.59 Å². The van der Waals surface area contributed by atoms with Crippen LogP contribution in [0.2, 0.25) is 0 Å². The first kappa shape index (κ1) is 18.7. The number of piperidine rings is 1. The third kappa shape index (κ3) is 4.17. The van der Waals surface area contributed by atoms with E-state index in [-0.39, 0.29) is 11.9 Å². The minimum Gasteiger partial charge on any atom is -0.466 e. The van der Waals surface area contributed by atoms with Gasteiger partial charge in [-0.2, -0.15) is 0 Å². The van der Waals surface area contributed by atoms with Crippen LogP contribution in [0.25, 0.3) is 0 Å². The fourth-order valence-corrected chi connectivity index (χ4v) is 4.16. The van der Waals surface area contributed by atoms with Gasteiger partial charge in [-0.05, 0) is 57.4 Å². The first-order valence-corrected chi connectivity index (χ1v) is 9.84. The molecule has 26 heavy (non-hydrogen) atoms. The van der Waals surface area contributed by atoms with E-state index in [0.717, 1.165) is 57.1 Å². The number of rotatable bonds is 6. The van der Waals surface area contributed by atoms with Gasteiger partial charge in [0.2, 0.25) is 5.91 Å². The lowest BCUT2D eigenvalue weighted by Crippen LogP contribution is -2.51. The highest BCUT2D eigenvalue weighted by molar-refractivity contribution is 5.94. The minimum atomic E-state index is -0.584. The number of benzene rings is 1. The first-order valence-electron chi connectivity index (χ1n) is 9.84. The summed E-state index contributed by atoms with van der Waals surface area (Å²) >= 11 is 0. The van der Waals surface area contributed by atoms with Crippen LogP contribution in [0, 0.1) is 5.41 Å². The number of carbonyl (C=O) groups is 2. The average molecular weight is 355 g/mol. The van der Waals surface area contributed by atoms with Crippen molar-refractivity contribution in [2.45, 2.75) is 51.9 Å². The van der Waals surface area contributed by atoms with Crippen LogP contribution >= 0.6 is 0 Å². The van der Waals surface area contributed by atoms with Crippen molar-refractivity contribution in [3.05, 3.63) is 47.5 Å². The Morgan fingerprint density at radius 3 is 2.69 bits per heavy atom. The molecule has 1 saturated heterocycles. The Hall–Kier alpha value is -2.10. The van der Waals surface area contributed by atoms with Crippen molar-refractivity contribution >= 4 is 11.9 Å². The van der Waals surface area contributed by atoms with Crippen molar-refractivity contribution in [1.29, 1.82) is 0 Å². The Morgan fingerprint density at radius 2 is 2.00 bits per heavy atom. The third-order valence-electron chi connectivity index (χ3n) is 5.62. The van der Waals surface area contributed by atoms with Gasteiger partial charge in [-0.15, -0.1) is 0 Å². The van der Waals surface area contributed by atoms with E-state index in [2.05, 4.69) is 18.2 Å². The van der Waals surface area contributed by atoms with Gasteiger partial charge in [0.1, 0.15) is 0 Å². The van der Waals surface area contributed by atoms with Crippen molar-refractivity contribution < 1.29 is 14.3 Å². The number of amides is 1. The number of ether oxygens (including phenoxy) is 1. The summed E-state index contributed by atoms with van der Waals surface area (Å²) in [6.45, 7) is 3.44. The van der Waals surface area contributed by atoms with E-state index in [4.69, 9.17) is 4.74 Å². The summed E-state index contributed by atoms with van der Waals surface area (Å²) in [7, 11) is 0. The molecular formula is C22H29NO3. The Bertz CT molecular complexity index is 667. The van der Waals surface area contributed by atoms with Crippen molar-refractivity contribution in [3.63, 3.8) is 0 Å². The van der Waals surface area contributed by atoms with Crippen LogP contribution < -0.4 is 0 Å². The maximum absolute atomic E-state index is 12.9. The molecule has 4 nitrogen and oxygen atoms in total. The molecule has 1 aromatic rings. The van der Waals surface area contributed by atoms with E-state index in [1.165, 1.54) is 5.56 Å². The molecule has 3 rings (SSSR count). The summed E-state index contributed by atoms with van der Waals surface area (Å²) in [5.74, 6) is -0.0237. The van der Waals surface area contributed by atoms with Gasteiger partial charge >= 0.3 is 5.97 Å². The molecule has 0 bridgehead atoms. The molecule has 0 radical (unpaired) electrons. The summed E-state index contributed by atoms with van der Waals surface area (Å²) in [5.41, 5.74) is 1.56. The maximum atomic E-state index is 12.9. The van der Waals surface area contributed by atoms with Gasteiger partial charge in [0.25, 0.3) is 0 Å². The molecule has 0 saturated carbocycles. The van der Waals surface area contributed by atoms with Crippen molar-refractivity contribution in [1.82, 2.24) is 4.90 Å². The molecule has 0 N–H and O–H groups in total. The van der Waals surface area contributed by atoms with Gasteiger partial charge in [0.15, 0.2) is 0 Å². The van der Waals surface area contributed by atoms with Crippen molar-refractivity contribution in [3.8, 4) is 0 Å². The standard InChI is InChI=1S/C22H29NO3/c1-2-26-21(25)22(15-13-18-9-4-3-5-10-18)14-8-16-23(17-22)20(24)19-11-6-7-12-19/h3-5,9-11H,2,6-8,12-17H2,1H3. The highest BCUT2D eigenvalue weighted by atomic mass is 16.5. The van der Waals surface area contributed by atoms with E-state index in [9.17, 15) is 9.59 Å². The molecule has 1 atom stereocenters. The predicted molar refractivity (Wildman–Crippen MR) is 102 cm³/mol. The Kier molecular flexibility index (Phi) is 6.12. The molecule has 1 aliphatic carbocycles. The van der Waals surface area contributed by atoms with E-state index in [0.29, 0.717) is 13.2 Å². The molecule has 0 spiro atoms. The molecular weight excluding hydrogens is 326 g/mol. The normalized spacial score (nSPS) is 22.8. The quantitative estimate of drug-likeness (QED) is 0.727. The molecule has 1 unspecified atom stereocenters. The second-order valence-electron chi connectivity index (χ2n) is 7.44. The molecule has 1 fully saturated rings. The minimum absolute atomic E-state index is 0.121. The largest absolute Gasteiger partial charge is 0.466 e. The molecule has 1 heterocycles. The number of aryl methyl sites for hydroxylation is 1. The number of esters is 1. The van der Waals surface area contributed by atoms with Crippen LogP contribution in [-0.2, 0) is 20.7 Å². The number of hydrogen-bond donors (Lipinski definition) is 0. The van der Waals surface area contributed by atoms with Crippen LogP contribution in [0.1, 0.15) is 51.0 Å². The SMILES string of the molecule is CCOC(=O)C1(CCc2ccccc2)CCCN(C(=O)C2=CCCC2)C1. The Morgan fingerprint density at radius 1 is 1.19 bits per heavy atom. The van der Waals surface area contributed by atoms with Crippen LogP contribution in [-0.4, -0.2) is 36.5 Å². The number of hydrogen-bond acceptors (Lipinski definition) is 3. The molecule has 1 amide bonds. The second kappa shape index (κ2) is 8.52. The summed E-state index contributed by atoms with van der Waals surface area (Å²) in [5, 5.41) is 0. The highest BCUT2D eigenvalue weighted by Crippen LogP contribution is 2.37. The predicted octanol–water partition coefficient (Wildman–Crippen LogP) is 3.90. The average Bonchev–Trinajstić information content (AvgIpc) is 3.22. The monoisotopic (exact) mass is 355 g/mol. The van der Waals surface area contributed by atoms with Gasteiger partial charge in [0, 0.05) is 18.7 Å². The fraction of sp³-hybridized carbons (Fsp3) is 0.545. The molecule has 2 aliphatic rings. The number of allylic oxidation sites excluding steroid dienone is 1. The number of likely N-dealkylation sites (tertiary alicyclic amines) is 1. The summed E-state index contributed by atoms with van der Waals surface area (Å²) in [6, 6.07) is 10.2. The number of carbonyl (C=O) groups excluding carboxylic acids is 2. The molecule has 1 aliphatic heterocycles. The van der Waals surface area contributed by atoms with E-state index >= 15 is 0 Å². The van der Waals surface area contributed by atoms with Gasteiger partial charge < -0.3 is 9.64 Å². The summed E-state index contributed by atoms with van der Waals surface area (Å²) in [4.78, 5) is 27.6. The molecule has 1 aromatic carbocycles. The lowest BCUT2D eigenvalue weighted by Gasteiger charge is -2.41. The van der Waals surface area contributed by atoms with E-state index < -0.39 is 5.41 Å². The molecule has 4 heteroatoms. The van der Waals surface area contributed by atoms with Gasteiger partial charge in [0.05, 0.1) is 12.0 Å². The zero-order chi connectivity index (χ0) is 18.4. The zero-order valence-electron chi connectivity index (χ0n) is 15.7. The molecule has 140 valence electrons. The topological polar surface area (TPSA) is 46.6 Å². The molecule has 0 aromatic heterocycles. The smallest absolute Gasteiger partial charge is 0.313 e. The lowest BCUT2D eigenvalue weighted by molar-refractivity contribution is -0.161. The van der Waals surface area contributed by atoms with Gasteiger partial charge in [-0.1, -0.05) is 36.4 Å². The zero-order valence-corrected chi connectivity index (χ0v) is 15.7. The number of nitrogens with zero attached hydrogens (tertiary/aromatic N) is 1. The second-order valence-corrected chi connectivity index (χ2v) is 7.44. The van der Waals surface area contributed by atoms with Crippen molar-refractivity contribution in [2.75, 3.05) is 19.7 Å². The lowest BCUT2D eigenvalue weighted by atomic mass is 9.75. The fourth-order valence-electron chi connectivity index (χ4n) is 4.16. The van der Waals surface area contributed by atoms with Crippen LogP contribution in [0.3, 0.4) is 0 Å².